The van der Waals surface area contributed by atoms with E-state index in [-0.39, 0.29) is 29.5 Å². The number of amides is 1. The van der Waals surface area contributed by atoms with Gasteiger partial charge in [0.05, 0.1) is 7.11 Å². The SMILES string of the molecule is COc1cc(N)ccc1S(=O)(=O)NCCC(=O)N(C)C. The second-order valence-corrected chi connectivity index (χ2v) is 6.08. The van der Waals surface area contributed by atoms with E-state index in [0.29, 0.717) is 5.69 Å². The van der Waals surface area contributed by atoms with Crippen LogP contribution in [0.1, 0.15) is 6.42 Å². The van der Waals surface area contributed by atoms with Crippen LogP contribution in [-0.2, 0) is 14.8 Å². The molecule has 0 bridgehead atoms. The number of nitrogens with zero attached hydrogens (tertiary/aromatic N) is 1. The summed E-state index contributed by atoms with van der Waals surface area (Å²) in [7, 11) is 0.844. The third-order valence-corrected chi connectivity index (χ3v) is 4.11. The van der Waals surface area contributed by atoms with Gasteiger partial charge < -0.3 is 15.4 Å². The standard InChI is InChI=1S/C12H19N3O4S/c1-15(2)12(16)6-7-14-20(17,18)11-5-4-9(13)8-10(11)19-3/h4-5,8,14H,6-7,13H2,1-3H3. The quantitative estimate of drug-likeness (QED) is 0.722. The number of carbonyl (C=O) groups is 1. The fraction of sp³-hybridized carbons (Fsp3) is 0.417. The Kier molecular flexibility index (Phi) is 5.34. The number of nitrogens with one attached hydrogen (secondary N) is 1. The average Bonchev–Trinajstić information content (AvgIpc) is 2.37. The number of rotatable bonds is 6. The topological polar surface area (TPSA) is 102 Å². The second kappa shape index (κ2) is 6.58. The molecular formula is C12H19N3O4S. The van der Waals surface area contributed by atoms with Gasteiger partial charge in [-0.05, 0) is 12.1 Å². The summed E-state index contributed by atoms with van der Waals surface area (Å²) in [5.41, 5.74) is 5.98. The molecule has 1 rings (SSSR count). The maximum Gasteiger partial charge on any atom is 0.244 e. The van der Waals surface area contributed by atoms with Crippen LogP contribution < -0.4 is 15.2 Å². The van der Waals surface area contributed by atoms with E-state index in [2.05, 4.69) is 4.72 Å². The van der Waals surface area contributed by atoms with E-state index in [9.17, 15) is 13.2 Å². The third-order valence-electron chi connectivity index (χ3n) is 2.61. The molecule has 0 aliphatic rings. The molecule has 112 valence electrons. The van der Waals surface area contributed by atoms with Crippen molar-refractivity contribution in [1.82, 2.24) is 9.62 Å². The molecular weight excluding hydrogens is 282 g/mol. The molecule has 0 radical (unpaired) electrons. The van der Waals surface area contributed by atoms with Gasteiger partial charge in [-0.2, -0.15) is 0 Å². The Morgan fingerprint density at radius 1 is 1.40 bits per heavy atom. The minimum absolute atomic E-state index is 0.00787. The van der Waals surface area contributed by atoms with Crippen LogP contribution in [0.4, 0.5) is 5.69 Å². The second-order valence-electron chi connectivity index (χ2n) is 4.35. The lowest BCUT2D eigenvalue weighted by atomic mass is 10.3. The molecule has 0 heterocycles. The van der Waals surface area contributed by atoms with Gasteiger partial charge in [0.1, 0.15) is 10.6 Å². The number of nitrogen functional groups attached to an aromatic ring is 1. The largest absolute Gasteiger partial charge is 0.495 e. The number of methoxy groups -OCH3 is 1. The lowest BCUT2D eigenvalue weighted by Crippen LogP contribution is -2.30. The van der Waals surface area contributed by atoms with Gasteiger partial charge in [-0.1, -0.05) is 0 Å². The zero-order valence-corrected chi connectivity index (χ0v) is 12.5. The number of sulfonamides is 1. The molecule has 8 heteroatoms. The van der Waals surface area contributed by atoms with Gasteiger partial charge in [-0.15, -0.1) is 0 Å². The van der Waals surface area contributed by atoms with Crippen molar-refractivity contribution in [3.63, 3.8) is 0 Å². The molecule has 3 N–H and O–H groups in total. The zero-order valence-electron chi connectivity index (χ0n) is 11.7. The van der Waals surface area contributed by atoms with E-state index < -0.39 is 10.0 Å². The molecule has 0 atom stereocenters. The third kappa shape index (κ3) is 4.10. The Hall–Kier alpha value is -1.80. The molecule has 20 heavy (non-hydrogen) atoms. The van der Waals surface area contributed by atoms with Crippen molar-refractivity contribution >= 4 is 21.6 Å². The summed E-state index contributed by atoms with van der Waals surface area (Å²) >= 11 is 0. The number of benzene rings is 1. The molecule has 0 spiro atoms. The summed E-state index contributed by atoms with van der Waals surface area (Å²) in [5, 5.41) is 0. The number of nitrogens with two attached hydrogens (primary N) is 1. The first-order chi connectivity index (χ1) is 9.27. The molecule has 1 aromatic carbocycles. The van der Waals surface area contributed by atoms with Crippen molar-refractivity contribution in [2.45, 2.75) is 11.3 Å². The van der Waals surface area contributed by atoms with Gasteiger partial charge in [0.2, 0.25) is 15.9 Å². The van der Waals surface area contributed by atoms with Gasteiger partial charge in [0.15, 0.2) is 0 Å². The molecule has 7 nitrogen and oxygen atoms in total. The molecule has 0 aliphatic carbocycles. The van der Waals surface area contributed by atoms with E-state index in [4.69, 9.17) is 10.5 Å². The summed E-state index contributed by atoms with van der Waals surface area (Å²) in [4.78, 5) is 12.8. The highest BCUT2D eigenvalue weighted by Gasteiger charge is 2.19. The molecule has 1 aromatic rings. The van der Waals surface area contributed by atoms with Gasteiger partial charge >= 0.3 is 0 Å². The fourth-order valence-electron chi connectivity index (χ4n) is 1.50. The first-order valence-corrected chi connectivity index (χ1v) is 7.39. The predicted molar refractivity (Wildman–Crippen MR) is 75.9 cm³/mol. The molecule has 0 saturated heterocycles. The van der Waals surface area contributed by atoms with Crippen molar-refractivity contribution in [3.8, 4) is 5.75 Å². The zero-order chi connectivity index (χ0) is 15.3. The number of anilines is 1. The maximum atomic E-state index is 12.1. The Bertz CT molecular complexity index is 584. The van der Waals surface area contributed by atoms with Gasteiger partial charge in [0.25, 0.3) is 0 Å². The Morgan fingerprint density at radius 3 is 2.60 bits per heavy atom. The van der Waals surface area contributed by atoms with E-state index in [1.807, 2.05) is 0 Å². The minimum Gasteiger partial charge on any atom is -0.495 e. The van der Waals surface area contributed by atoms with E-state index in [1.54, 1.807) is 14.1 Å². The highest BCUT2D eigenvalue weighted by molar-refractivity contribution is 7.89. The molecule has 0 aliphatic heterocycles. The first kappa shape index (κ1) is 16.3. The van der Waals surface area contributed by atoms with Crippen LogP contribution in [0.3, 0.4) is 0 Å². The number of hydrogen-bond acceptors (Lipinski definition) is 5. The number of carbonyl (C=O) groups excluding carboxylic acids is 1. The molecule has 0 fully saturated rings. The molecule has 0 unspecified atom stereocenters. The average molecular weight is 301 g/mol. The van der Waals surface area contributed by atoms with Crippen LogP contribution in [0.25, 0.3) is 0 Å². The predicted octanol–water partition coefficient (Wildman–Crippen LogP) is 0.0340. The maximum absolute atomic E-state index is 12.1. The summed E-state index contributed by atoms with van der Waals surface area (Å²) in [5.74, 6) is 0.00778. The van der Waals surface area contributed by atoms with Crippen LogP contribution in [0.2, 0.25) is 0 Å². The van der Waals surface area contributed by atoms with E-state index in [1.165, 1.54) is 30.2 Å². The fourth-order valence-corrected chi connectivity index (χ4v) is 2.68. The van der Waals surface area contributed by atoms with Crippen LogP contribution in [0.15, 0.2) is 23.1 Å². The molecule has 0 aromatic heterocycles. The number of hydrogen-bond donors (Lipinski definition) is 2. The van der Waals surface area contributed by atoms with E-state index in [0.717, 1.165) is 0 Å². The summed E-state index contributed by atoms with van der Waals surface area (Å²) < 4.78 is 31.6. The lowest BCUT2D eigenvalue weighted by Gasteiger charge is -2.12. The lowest BCUT2D eigenvalue weighted by molar-refractivity contribution is -0.128. The van der Waals surface area contributed by atoms with Gasteiger partial charge in [-0.3, -0.25) is 4.79 Å². The van der Waals surface area contributed by atoms with Crippen molar-refractivity contribution in [2.24, 2.45) is 0 Å². The van der Waals surface area contributed by atoms with Gasteiger partial charge in [-0.25, -0.2) is 13.1 Å². The van der Waals surface area contributed by atoms with E-state index >= 15 is 0 Å². The van der Waals surface area contributed by atoms with Crippen molar-refractivity contribution in [2.75, 3.05) is 33.5 Å². The molecule has 1 amide bonds. The summed E-state index contributed by atoms with van der Waals surface area (Å²) in [6.07, 6.45) is 0.0868. The smallest absolute Gasteiger partial charge is 0.244 e. The van der Waals surface area contributed by atoms with Crippen molar-refractivity contribution in [3.05, 3.63) is 18.2 Å². The van der Waals surface area contributed by atoms with Gasteiger partial charge in [0, 0.05) is 38.8 Å². The van der Waals surface area contributed by atoms with Crippen molar-refractivity contribution in [1.29, 1.82) is 0 Å². The highest BCUT2D eigenvalue weighted by Crippen LogP contribution is 2.25. The monoisotopic (exact) mass is 301 g/mol. The van der Waals surface area contributed by atoms with Crippen LogP contribution in [0.5, 0.6) is 5.75 Å². The molecule has 0 saturated carbocycles. The van der Waals surface area contributed by atoms with Crippen LogP contribution >= 0.6 is 0 Å². The Balaban J connectivity index is 2.82. The first-order valence-electron chi connectivity index (χ1n) is 5.91. The Morgan fingerprint density at radius 2 is 2.05 bits per heavy atom. The minimum atomic E-state index is -3.74. The van der Waals surface area contributed by atoms with Crippen LogP contribution in [0, 0.1) is 0 Å². The normalized spacial score (nSPS) is 11.2. The van der Waals surface area contributed by atoms with Crippen molar-refractivity contribution < 1.29 is 17.9 Å². The summed E-state index contributed by atoms with van der Waals surface area (Å²) in [6, 6.07) is 4.27. The highest BCUT2D eigenvalue weighted by atomic mass is 32.2. The number of ether oxygens (including phenoxy) is 1. The Labute approximate surface area is 118 Å². The van der Waals surface area contributed by atoms with Crippen LogP contribution in [-0.4, -0.2) is 47.0 Å². The summed E-state index contributed by atoms with van der Waals surface area (Å²) in [6.45, 7) is 0.0207.